The van der Waals surface area contributed by atoms with E-state index in [2.05, 4.69) is 20.2 Å². The van der Waals surface area contributed by atoms with E-state index in [0.717, 1.165) is 33.3 Å². The number of aliphatic hydroxyl groups excluding tert-OH is 1. The number of aryl methyl sites for hydroxylation is 1. The van der Waals surface area contributed by atoms with E-state index >= 15 is 0 Å². The average Bonchev–Trinajstić information content (AvgIpc) is 3.39. The van der Waals surface area contributed by atoms with Crippen LogP contribution in [0.3, 0.4) is 0 Å². The van der Waals surface area contributed by atoms with Gasteiger partial charge in [-0.2, -0.15) is 5.10 Å². The fourth-order valence-corrected chi connectivity index (χ4v) is 3.64. The second-order valence-corrected chi connectivity index (χ2v) is 7.16. The van der Waals surface area contributed by atoms with E-state index in [-0.39, 0.29) is 0 Å². The zero-order valence-corrected chi connectivity index (χ0v) is 16.2. The Balaban J connectivity index is 1.58. The van der Waals surface area contributed by atoms with Gasteiger partial charge in [0.25, 0.3) is 5.75 Å². The van der Waals surface area contributed by atoms with E-state index in [9.17, 15) is 5.11 Å². The first kappa shape index (κ1) is 18.1. The van der Waals surface area contributed by atoms with Crippen LogP contribution in [-0.2, 0) is 7.05 Å². The third-order valence-electron chi connectivity index (χ3n) is 5.24. The normalized spacial score (nSPS) is 12.3. The van der Waals surface area contributed by atoms with Crippen molar-refractivity contribution in [1.29, 1.82) is 0 Å². The molecule has 0 fully saturated rings. The zero-order chi connectivity index (χ0) is 20.7. The number of imidazole rings is 1. The minimum Gasteiger partial charge on any atom is -0.593 e. The lowest BCUT2D eigenvalue weighted by Crippen LogP contribution is -2.06. The minimum atomic E-state index is -0.818. The van der Waals surface area contributed by atoms with Crippen LogP contribution in [-0.4, -0.2) is 34.9 Å². The molecule has 0 saturated heterocycles. The van der Waals surface area contributed by atoms with Crippen LogP contribution in [0.1, 0.15) is 17.5 Å². The number of nitrogens with zero attached hydrogens (tertiary/aromatic N) is 4. The number of aromatic nitrogens is 5. The van der Waals surface area contributed by atoms with Gasteiger partial charge in [0, 0.05) is 42.7 Å². The molecular weight excluding hydrogens is 378 g/mol. The van der Waals surface area contributed by atoms with E-state index < -0.39 is 6.10 Å². The minimum absolute atomic E-state index is 0.425. The Bertz CT molecular complexity index is 1350. The van der Waals surface area contributed by atoms with Crippen molar-refractivity contribution in [2.45, 2.75) is 6.10 Å². The number of fused-ring (bicyclic) bond motifs is 1. The van der Waals surface area contributed by atoms with Crippen LogP contribution in [0.25, 0.3) is 33.4 Å². The molecule has 0 radical (unpaired) electrons. The smallest absolute Gasteiger partial charge is 0.263 e. The molecule has 7 nitrogen and oxygen atoms in total. The van der Waals surface area contributed by atoms with Crippen molar-refractivity contribution in [3.8, 4) is 28.1 Å². The van der Waals surface area contributed by atoms with E-state index in [1.54, 1.807) is 23.0 Å². The van der Waals surface area contributed by atoms with Gasteiger partial charge >= 0.3 is 0 Å². The highest BCUT2D eigenvalue weighted by molar-refractivity contribution is 5.94. The molecule has 0 aliphatic heterocycles. The maximum absolute atomic E-state index is 10.8. The lowest BCUT2D eigenvalue weighted by molar-refractivity contribution is 0.206. The summed E-state index contributed by atoms with van der Waals surface area (Å²) in [6.45, 7) is 0. The first-order chi connectivity index (χ1) is 14.6. The Morgan fingerprint density at radius 1 is 1.03 bits per heavy atom. The van der Waals surface area contributed by atoms with Gasteiger partial charge in [0.15, 0.2) is 5.65 Å². The Labute approximate surface area is 172 Å². The molecule has 0 aliphatic carbocycles. The molecule has 30 heavy (non-hydrogen) atoms. The average molecular weight is 398 g/mol. The van der Waals surface area contributed by atoms with E-state index in [4.69, 9.17) is 5.11 Å². The summed E-state index contributed by atoms with van der Waals surface area (Å²) in [4.78, 5) is 8.74. The summed E-state index contributed by atoms with van der Waals surface area (Å²) in [5, 5.41) is 27.1. The Kier molecular flexibility index (Phi) is 4.30. The van der Waals surface area contributed by atoms with Gasteiger partial charge in [-0.05, 0) is 29.3 Å². The molecule has 1 atom stereocenters. The van der Waals surface area contributed by atoms with Crippen molar-refractivity contribution in [2.75, 3.05) is 0 Å². The van der Waals surface area contributed by atoms with Crippen molar-refractivity contribution >= 4 is 11.0 Å². The van der Waals surface area contributed by atoms with Gasteiger partial charge in [0.05, 0.1) is 11.3 Å². The molecule has 0 spiro atoms. The number of para-hydroxylation sites is 1. The van der Waals surface area contributed by atoms with E-state index in [1.165, 1.54) is 0 Å². The van der Waals surface area contributed by atoms with Crippen molar-refractivity contribution in [1.82, 2.24) is 24.7 Å². The van der Waals surface area contributed by atoms with Gasteiger partial charge in [0.1, 0.15) is 11.9 Å². The van der Waals surface area contributed by atoms with Gasteiger partial charge in [-0.15, -0.1) is 0 Å². The summed E-state index contributed by atoms with van der Waals surface area (Å²) >= 11 is 0. The number of rotatable bonds is 4. The molecule has 5 aromatic rings. The molecule has 1 unspecified atom stereocenters. The van der Waals surface area contributed by atoms with Crippen LogP contribution < -0.4 is 0 Å². The maximum atomic E-state index is 10.8. The number of H-pyrrole nitrogens is 1. The Hall–Kier alpha value is -3.97. The molecular formula is C23H20N5O2+. The molecule has 2 aromatic carbocycles. The largest absolute Gasteiger partial charge is 0.593 e. The lowest BCUT2D eigenvalue weighted by atomic mass is 10.00. The number of nitrogens with one attached hydrogen (secondary N) is 1. The van der Waals surface area contributed by atoms with Crippen LogP contribution in [0.5, 0.6) is 5.75 Å². The fourth-order valence-electron chi connectivity index (χ4n) is 3.64. The number of aliphatic hydroxyl groups is 1. The van der Waals surface area contributed by atoms with Gasteiger partial charge in [-0.25, -0.2) is 9.97 Å². The quantitative estimate of drug-likeness (QED) is 0.452. The van der Waals surface area contributed by atoms with E-state index in [1.807, 2.05) is 61.8 Å². The molecule has 3 aromatic heterocycles. The third kappa shape index (κ3) is 3.01. The molecule has 0 saturated carbocycles. The molecule has 0 bridgehead atoms. The highest BCUT2D eigenvalue weighted by atomic mass is 16.3. The topological polar surface area (TPSA) is 103 Å². The fraction of sp³-hybridized carbons (Fsp3) is 0.0870. The highest BCUT2D eigenvalue weighted by Gasteiger charge is 2.17. The third-order valence-corrected chi connectivity index (χ3v) is 5.24. The molecule has 3 heterocycles. The van der Waals surface area contributed by atoms with Crippen molar-refractivity contribution in [2.24, 2.45) is 7.05 Å². The van der Waals surface area contributed by atoms with Crippen LogP contribution >= 0.6 is 0 Å². The summed E-state index contributed by atoms with van der Waals surface area (Å²) in [6.07, 6.45) is 4.43. The number of hydrogen-bond acceptors (Lipinski definition) is 4. The van der Waals surface area contributed by atoms with Gasteiger partial charge in [0.2, 0.25) is 0 Å². The van der Waals surface area contributed by atoms with Crippen LogP contribution in [0.2, 0.25) is 0 Å². The molecule has 0 amide bonds. The van der Waals surface area contributed by atoms with Gasteiger partial charge < -0.3 is 14.8 Å². The van der Waals surface area contributed by atoms with E-state index in [0.29, 0.717) is 17.2 Å². The van der Waals surface area contributed by atoms with Crippen LogP contribution in [0.15, 0.2) is 73.2 Å². The number of hydrogen-bond donors (Lipinski definition) is 2. The maximum Gasteiger partial charge on any atom is 0.263 e. The summed E-state index contributed by atoms with van der Waals surface area (Å²) < 4.78 is 1.81. The predicted molar refractivity (Wildman–Crippen MR) is 115 cm³/mol. The highest BCUT2D eigenvalue weighted by Crippen LogP contribution is 2.34. The van der Waals surface area contributed by atoms with Crippen molar-refractivity contribution < 1.29 is 10.2 Å². The zero-order valence-electron chi connectivity index (χ0n) is 16.2. The number of pyridine rings is 1. The first-order valence-corrected chi connectivity index (χ1v) is 9.52. The standard InChI is InChI=1S/C23H19N5O2/c1-28-10-9-24-23(28)21(30)15-6-4-5-14(11-15)16-12-18-20(26-27-22(18)25-13-16)17-7-2-3-8-19(17)29/h2-13,21,29-30H,1H3,(H,25,26,27)/p+1. The Morgan fingerprint density at radius 2 is 1.90 bits per heavy atom. The summed E-state index contributed by atoms with van der Waals surface area (Å²) in [5.41, 5.74) is 4.74. The first-order valence-electron chi connectivity index (χ1n) is 9.52. The SMILES string of the molecule is Cn1ccnc1C(O)c1cccc(-c2cnc3n[nH]c(-c4ccccc4[OH2+])c3c2)c1. The number of aromatic amines is 1. The van der Waals surface area contributed by atoms with Crippen molar-refractivity contribution in [3.05, 3.63) is 84.6 Å². The van der Waals surface area contributed by atoms with Crippen LogP contribution in [0.4, 0.5) is 0 Å². The molecule has 5 rings (SSSR count). The molecule has 148 valence electrons. The second-order valence-electron chi connectivity index (χ2n) is 7.16. The number of benzene rings is 2. The lowest BCUT2D eigenvalue weighted by Gasteiger charge is -2.12. The molecule has 4 N–H and O–H groups in total. The van der Waals surface area contributed by atoms with Crippen LogP contribution in [0, 0.1) is 0 Å². The van der Waals surface area contributed by atoms with Crippen molar-refractivity contribution in [3.63, 3.8) is 0 Å². The second kappa shape index (κ2) is 7.13. The molecule has 0 aliphatic rings. The van der Waals surface area contributed by atoms with Gasteiger partial charge in [-0.1, -0.05) is 30.3 Å². The summed E-state index contributed by atoms with van der Waals surface area (Å²) in [6, 6.07) is 17.1. The Morgan fingerprint density at radius 3 is 2.70 bits per heavy atom. The predicted octanol–water partition coefficient (Wildman–Crippen LogP) is 3.55. The summed E-state index contributed by atoms with van der Waals surface area (Å²) in [7, 11) is 1.86. The monoisotopic (exact) mass is 398 g/mol. The van der Waals surface area contributed by atoms with Gasteiger partial charge in [-0.3, -0.25) is 5.10 Å². The summed E-state index contributed by atoms with van der Waals surface area (Å²) in [5.74, 6) is 1.01. The molecule has 7 heteroatoms.